The van der Waals surface area contributed by atoms with Crippen molar-refractivity contribution in [3.63, 3.8) is 0 Å². The zero-order valence-electron chi connectivity index (χ0n) is 16.0. The van der Waals surface area contributed by atoms with Gasteiger partial charge in [0.2, 0.25) is 0 Å². The van der Waals surface area contributed by atoms with Crippen LogP contribution in [0.25, 0.3) is 0 Å². The van der Waals surface area contributed by atoms with Gasteiger partial charge in [0, 0.05) is 30.9 Å². The van der Waals surface area contributed by atoms with E-state index in [2.05, 4.69) is 26.7 Å². The number of hydrogen-bond donors (Lipinski definition) is 2. The largest absolute Gasteiger partial charge is 0.373 e. The van der Waals surface area contributed by atoms with Crippen molar-refractivity contribution in [3.05, 3.63) is 77.1 Å². The number of aromatic nitrogens is 2. The lowest BCUT2D eigenvalue weighted by atomic mass is 10.1. The van der Waals surface area contributed by atoms with Crippen molar-refractivity contribution >= 4 is 41.6 Å². The molecule has 5 nitrogen and oxygen atoms in total. The quantitative estimate of drug-likeness (QED) is 0.549. The molecule has 2 heterocycles. The topological polar surface area (TPSA) is 66.9 Å². The van der Waals surface area contributed by atoms with Crippen molar-refractivity contribution in [3.8, 4) is 0 Å². The van der Waals surface area contributed by atoms with Crippen LogP contribution in [0, 0.1) is 13.8 Å². The van der Waals surface area contributed by atoms with E-state index in [9.17, 15) is 4.79 Å². The molecule has 7 heteroatoms. The fraction of sp³-hybridized carbons (Fsp3) is 0.190. The van der Waals surface area contributed by atoms with Gasteiger partial charge in [-0.15, -0.1) is 24.2 Å². The Labute approximate surface area is 175 Å². The summed E-state index contributed by atoms with van der Waals surface area (Å²) in [5.74, 6) is 1.38. The standard InChI is InChI=1S/C21H22N4OS.ClH/c1-14-9-15(2)11-17(10-14)25-20(26)18-5-4-7-24-21(18)27-13-16-6-8-23-19(12-16)22-3;/h4-12H,13H2,1-3H3,(H,22,23)(H,25,26);1H. The molecule has 3 rings (SSSR count). The Balaban J connectivity index is 0.00000280. The molecule has 0 saturated carbocycles. The minimum Gasteiger partial charge on any atom is -0.373 e. The monoisotopic (exact) mass is 414 g/mol. The highest BCUT2D eigenvalue weighted by Crippen LogP contribution is 2.26. The van der Waals surface area contributed by atoms with Crippen LogP contribution in [-0.4, -0.2) is 22.9 Å². The minimum absolute atomic E-state index is 0. The Kier molecular flexibility index (Phi) is 7.84. The van der Waals surface area contributed by atoms with Gasteiger partial charge in [-0.2, -0.15) is 0 Å². The van der Waals surface area contributed by atoms with Gasteiger partial charge in [0.25, 0.3) is 5.91 Å². The van der Waals surface area contributed by atoms with E-state index < -0.39 is 0 Å². The first-order chi connectivity index (χ1) is 13.0. The van der Waals surface area contributed by atoms with E-state index in [4.69, 9.17) is 0 Å². The SMILES string of the molecule is CNc1cc(CSc2ncccc2C(=O)Nc2cc(C)cc(C)c2)ccn1.Cl. The molecule has 0 atom stereocenters. The van der Waals surface area contributed by atoms with Crippen LogP contribution in [0.1, 0.15) is 27.0 Å². The highest BCUT2D eigenvalue weighted by molar-refractivity contribution is 7.98. The summed E-state index contributed by atoms with van der Waals surface area (Å²) >= 11 is 1.54. The van der Waals surface area contributed by atoms with Gasteiger partial charge in [-0.1, -0.05) is 6.07 Å². The average Bonchev–Trinajstić information content (AvgIpc) is 2.66. The Hall–Kier alpha value is -2.57. The normalized spacial score (nSPS) is 10.1. The van der Waals surface area contributed by atoms with Crippen LogP contribution in [0.3, 0.4) is 0 Å². The van der Waals surface area contributed by atoms with Crippen LogP contribution < -0.4 is 10.6 Å². The molecule has 0 spiro atoms. The first kappa shape index (κ1) is 21.7. The molecule has 1 aromatic carbocycles. The van der Waals surface area contributed by atoms with Crippen molar-refractivity contribution < 1.29 is 4.79 Å². The number of halogens is 1. The molecule has 3 aromatic rings. The molecule has 0 bridgehead atoms. The van der Waals surface area contributed by atoms with E-state index in [1.807, 2.05) is 45.2 Å². The van der Waals surface area contributed by atoms with Gasteiger partial charge in [0.1, 0.15) is 10.8 Å². The lowest BCUT2D eigenvalue weighted by Gasteiger charge is -2.11. The number of amides is 1. The molecule has 2 aromatic heterocycles. The van der Waals surface area contributed by atoms with Crippen LogP contribution in [0.2, 0.25) is 0 Å². The summed E-state index contributed by atoms with van der Waals surface area (Å²) < 4.78 is 0. The number of rotatable bonds is 6. The van der Waals surface area contributed by atoms with E-state index in [-0.39, 0.29) is 18.3 Å². The zero-order valence-corrected chi connectivity index (χ0v) is 17.7. The van der Waals surface area contributed by atoms with Gasteiger partial charge in [-0.3, -0.25) is 4.79 Å². The molecule has 0 aliphatic heterocycles. The smallest absolute Gasteiger partial charge is 0.258 e. The third kappa shape index (κ3) is 5.71. The van der Waals surface area contributed by atoms with Crippen LogP contribution in [0.5, 0.6) is 0 Å². The van der Waals surface area contributed by atoms with Crippen LogP contribution in [0.4, 0.5) is 11.5 Å². The highest BCUT2D eigenvalue weighted by Gasteiger charge is 2.13. The molecule has 146 valence electrons. The first-order valence-corrected chi connectivity index (χ1v) is 9.64. The number of carbonyl (C=O) groups is 1. The van der Waals surface area contributed by atoms with E-state index in [1.54, 1.807) is 24.5 Å². The third-order valence-electron chi connectivity index (χ3n) is 3.95. The predicted molar refractivity (Wildman–Crippen MR) is 119 cm³/mol. The fourth-order valence-electron chi connectivity index (χ4n) is 2.78. The lowest BCUT2D eigenvalue weighted by molar-refractivity contribution is 0.102. The summed E-state index contributed by atoms with van der Waals surface area (Å²) in [6, 6.07) is 13.5. The van der Waals surface area contributed by atoms with Gasteiger partial charge >= 0.3 is 0 Å². The predicted octanol–water partition coefficient (Wildman–Crippen LogP) is 5.10. The molecule has 2 N–H and O–H groups in total. The lowest BCUT2D eigenvalue weighted by Crippen LogP contribution is -2.14. The summed E-state index contributed by atoms with van der Waals surface area (Å²) in [6.07, 6.45) is 3.48. The molecule has 0 radical (unpaired) electrons. The summed E-state index contributed by atoms with van der Waals surface area (Å²) in [4.78, 5) is 21.4. The molecular weight excluding hydrogens is 392 g/mol. The first-order valence-electron chi connectivity index (χ1n) is 8.65. The van der Waals surface area contributed by atoms with Gasteiger partial charge in [0.05, 0.1) is 5.56 Å². The van der Waals surface area contributed by atoms with Crippen molar-refractivity contribution in [2.45, 2.75) is 24.6 Å². The number of pyridine rings is 2. The number of nitrogens with one attached hydrogen (secondary N) is 2. The number of thioether (sulfide) groups is 1. The second-order valence-corrected chi connectivity index (χ2v) is 7.24. The van der Waals surface area contributed by atoms with Gasteiger partial charge in [-0.25, -0.2) is 9.97 Å². The van der Waals surface area contributed by atoms with E-state index in [0.29, 0.717) is 16.3 Å². The van der Waals surface area contributed by atoms with E-state index in [0.717, 1.165) is 28.2 Å². The second kappa shape index (κ2) is 10.1. The summed E-state index contributed by atoms with van der Waals surface area (Å²) in [5.41, 5.74) is 4.72. The maximum atomic E-state index is 12.8. The van der Waals surface area contributed by atoms with Gasteiger partial charge in [-0.05, 0) is 66.9 Å². The molecule has 0 fully saturated rings. The maximum Gasteiger partial charge on any atom is 0.258 e. The van der Waals surface area contributed by atoms with Crippen molar-refractivity contribution in [1.29, 1.82) is 0 Å². The Morgan fingerprint density at radius 2 is 1.79 bits per heavy atom. The molecule has 0 unspecified atom stereocenters. The molecule has 0 saturated heterocycles. The molecule has 0 aliphatic rings. The van der Waals surface area contributed by atoms with Gasteiger partial charge < -0.3 is 10.6 Å². The number of aryl methyl sites for hydroxylation is 2. The summed E-state index contributed by atoms with van der Waals surface area (Å²) in [6.45, 7) is 4.03. The number of carbonyl (C=O) groups excluding carboxylic acids is 1. The summed E-state index contributed by atoms with van der Waals surface area (Å²) in [5, 5.41) is 6.73. The van der Waals surface area contributed by atoms with Crippen LogP contribution in [-0.2, 0) is 5.75 Å². The Bertz CT molecular complexity index is 944. The van der Waals surface area contributed by atoms with E-state index in [1.165, 1.54) is 11.8 Å². The zero-order chi connectivity index (χ0) is 19.2. The number of hydrogen-bond acceptors (Lipinski definition) is 5. The number of benzene rings is 1. The minimum atomic E-state index is -0.152. The second-order valence-electron chi connectivity index (χ2n) is 6.27. The third-order valence-corrected chi connectivity index (χ3v) is 5.03. The van der Waals surface area contributed by atoms with Gasteiger partial charge in [0.15, 0.2) is 0 Å². The average molecular weight is 415 g/mol. The van der Waals surface area contributed by atoms with Crippen molar-refractivity contribution in [2.24, 2.45) is 0 Å². The van der Waals surface area contributed by atoms with Crippen molar-refractivity contribution in [1.82, 2.24) is 9.97 Å². The van der Waals surface area contributed by atoms with Crippen LogP contribution in [0.15, 0.2) is 59.9 Å². The highest BCUT2D eigenvalue weighted by atomic mass is 35.5. The molecule has 0 aliphatic carbocycles. The molecular formula is C21H23ClN4OS. The fourth-order valence-corrected chi connectivity index (χ4v) is 3.71. The maximum absolute atomic E-state index is 12.8. The molecule has 1 amide bonds. The summed E-state index contributed by atoms with van der Waals surface area (Å²) in [7, 11) is 1.84. The van der Waals surface area contributed by atoms with E-state index >= 15 is 0 Å². The Morgan fingerprint density at radius 3 is 2.50 bits per heavy atom. The number of anilines is 2. The van der Waals surface area contributed by atoms with Crippen LogP contribution >= 0.6 is 24.2 Å². The van der Waals surface area contributed by atoms with Crippen molar-refractivity contribution in [2.75, 3.05) is 17.7 Å². The number of nitrogens with zero attached hydrogens (tertiary/aromatic N) is 2. The Morgan fingerprint density at radius 1 is 1.04 bits per heavy atom. The molecule has 28 heavy (non-hydrogen) atoms.